The van der Waals surface area contributed by atoms with Crippen LogP contribution >= 0.6 is 0 Å². The number of hydrogen-bond donors (Lipinski definition) is 1. The molecule has 158 valence electrons. The van der Waals surface area contributed by atoms with E-state index in [1.807, 2.05) is 31.2 Å². The first-order valence-electron chi connectivity index (χ1n) is 9.94. The Balaban J connectivity index is 1.82. The van der Waals surface area contributed by atoms with Gasteiger partial charge < -0.3 is 19.7 Å². The van der Waals surface area contributed by atoms with E-state index in [9.17, 15) is 14.4 Å². The lowest BCUT2D eigenvalue weighted by atomic mass is 9.78. The second kappa shape index (κ2) is 8.92. The highest BCUT2D eigenvalue weighted by Crippen LogP contribution is 2.36. The summed E-state index contributed by atoms with van der Waals surface area (Å²) in [6.07, 6.45) is 0.446. The molecule has 1 heterocycles. The Morgan fingerprint density at radius 3 is 2.41 bits per heavy atom. The average Bonchev–Trinajstić information content (AvgIpc) is 2.72. The van der Waals surface area contributed by atoms with Gasteiger partial charge in [0.05, 0.1) is 18.1 Å². The van der Waals surface area contributed by atoms with Crippen LogP contribution in [0.5, 0.6) is 0 Å². The average molecular weight is 403 g/mol. The number of aryl methyl sites for hydroxylation is 1. The number of hydrogen-bond acceptors (Lipinski definition) is 5. The number of rotatable bonds is 6. The Labute approximate surface area is 171 Å². The van der Waals surface area contributed by atoms with E-state index >= 15 is 0 Å². The van der Waals surface area contributed by atoms with E-state index in [-0.39, 0.29) is 37.1 Å². The van der Waals surface area contributed by atoms with Gasteiger partial charge in [-0.3, -0.25) is 14.5 Å². The number of imide groups is 1. The zero-order valence-electron chi connectivity index (χ0n) is 17.4. The Morgan fingerprint density at radius 1 is 1.14 bits per heavy atom. The Kier molecular flexibility index (Phi) is 6.54. The molecule has 0 aromatic heterocycles. The number of amides is 4. The number of benzene rings is 1. The zero-order chi connectivity index (χ0) is 21.1. The molecule has 2 aliphatic rings. The zero-order valence-corrected chi connectivity index (χ0v) is 17.4. The van der Waals surface area contributed by atoms with Crippen LogP contribution in [0.2, 0.25) is 0 Å². The third kappa shape index (κ3) is 4.13. The van der Waals surface area contributed by atoms with Crippen LogP contribution in [0.3, 0.4) is 0 Å². The minimum absolute atomic E-state index is 0.119. The van der Waals surface area contributed by atoms with Gasteiger partial charge in [-0.1, -0.05) is 18.2 Å². The van der Waals surface area contributed by atoms with Crippen molar-refractivity contribution in [1.29, 1.82) is 0 Å². The molecule has 1 aromatic carbocycles. The quantitative estimate of drug-likeness (QED) is 0.785. The van der Waals surface area contributed by atoms with Gasteiger partial charge in [0.2, 0.25) is 11.8 Å². The maximum Gasteiger partial charge on any atom is 0.327 e. The number of nitrogens with one attached hydrogen (secondary N) is 1. The number of anilines is 1. The standard InChI is InChI=1S/C21H29N3O5/c1-5-23-20(26)14-10-17(28-3)18(29-4)11-16(14)24(21(23)27)12-19(25)22-15-9-7-6-8-13(15)2/h6-9,14,16-18H,5,10-12H2,1-4H3,(H,22,25). The summed E-state index contributed by atoms with van der Waals surface area (Å²) in [5.41, 5.74) is 1.65. The summed E-state index contributed by atoms with van der Waals surface area (Å²) in [6, 6.07) is 6.65. The summed E-state index contributed by atoms with van der Waals surface area (Å²) in [7, 11) is 3.19. The third-order valence-electron chi connectivity index (χ3n) is 5.95. The van der Waals surface area contributed by atoms with E-state index < -0.39 is 18.0 Å². The van der Waals surface area contributed by atoms with E-state index in [4.69, 9.17) is 9.47 Å². The highest BCUT2D eigenvalue weighted by molar-refractivity contribution is 6.01. The van der Waals surface area contributed by atoms with Crippen LogP contribution in [-0.2, 0) is 19.1 Å². The van der Waals surface area contributed by atoms with Crippen LogP contribution in [0, 0.1) is 12.8 Å². The van der Waals surface area contributed by atoms with E-state index in [2.05, 4.69) is 5.32 Å². The number of ether oxygens (including phenoxy) is 2. The van der Waals surface area contributed by atoms with Crippen molar-refractivity contribution in [1.82, 2.24) is 9.80 Å². The fourth-order valence-corrected chi connectivity index (χ4v) is 4.34. The lowest BCUT2D eigenvalue weighted by molar-refractivity contribution is -0.152. The summed E-state index contributed by atoms with van der Waals surface area (Å²) in [5.74, 6) is -0.899. The maximum atomic E-state index is 13.0. The second-order valence-electron chi connectivity index (χ2n) is 7.55. The van der Waals surface area contributed by atoms with Crippen LogP contribution in [0.1, 0.15) is 25.3 Å². The summed E-state index contributed by atoms with van der Waals surface area (Å²) in [4.78, 5) is 41.4. The molecule has 0 spiro atoms. The van der Waals surface area contributed by atoms with Gasteiger partial charge in [0.15, 0.2) is 0 Å². The molecule has 8 heteroatoms. The van der Waals surface area contributed by atoms with Gasteiger partial charge in [-0.25, -0.2) is 4.79 Å². The summed E-state index contributed by atoms with van der Waals surface area (Å²) < 4.78 is 11.1. The fourth-order valence-electron chi connectivity index (χ4n) is 4.34. The molecule has 1 aliphatic carbocycles. The second-order valence-corrected chi connectivity index (χ2v) is 7.55. The van der Waals surface area contributed by atoms with Crippen molar-refractivity contribution in [2.75, 3.05) is 32.6 Å². The van der Waals surface area contributed by atoms with Crippen molar-refractivity contribution < 1.29 is 23.9 Å². The van der Waals surface area contributed by atoms with Gasteiger partial charge in [-0.15, -0.1) is 0 Å². The lowest BCUT2D eigenvalue weighted by Gasteiger charge is -2.49. The van der Waals surface area contributed by atoms with Crippen molar-refractivity contribution in [3.8, 4) is 0 Å². The Morgan fingerprint density at radius 2 is 1.79 bits per heavy atom. The van der Waals surface area contributed by atoms with Crippen molar-refractivity contribution in [2.45, 2.75) is 44.9 Å². The normalized spacial score (nSPS) is 27.0. The molecule has 1 aliphatic heterocycles. The van der Waals surface area contributed by atoms with E-state index in [1.165, 1.54) is 9.80 Å². The number of methoxy groups -OCH3 is 2. The van der Waals surface area contributed by atoms with Crippen LogP contribution in [0.4, 0.5) is 10.5 Å². The van der Waals surface area contributed by atoms with Gasteiger partial charge in [0, 0.05) is 32.5 Å². The fraction of sp³-hybridized carbons (Fsp3) is 0.571. The van der Waals surface area contributed by atoms with Gasteiger partial charge in [0.1, 0.15) is 6.54 Å². The Hall–Kier alpha value is -2.45. The largest absolute Gasteiger partial charge is 0.379 e. The van der Waals surface area contributed by atoms with Crippen LogP contribution in [-0.4, -0.2) is 73.2 Å². The summed E-state index contributed by atoms with van der Waals surface area (Å²) in [6.45, 7) is 3.81. The highest BCUT2D eigenvalue weighted by Gasteiger charge is 2.51. The predicted octanol–water partition coefficient (Wildman–Crippen LogP) is 2.03. The number of fused-ring (bicyclic) bond motifs is 1. The molecule has 4 atom stereocenters. The number of nitrogens with zero attached hydrogens (tertiary/aromatic N) is 2. The minimum Gasteiger partial charge on any atom is -0.379 e. The van der Waals surface area contributed by atoms with Gasteiger partial charge >= 0.3 is 6.03 Å². The first-order valence-corrected chi connectivity index (χ1v) is 9.94. The topological polar surface area (TPSA) is 88.2 Å². The molecule has 0 bridgehead atoms. The Bertz CT molecular complexity index is 783. The SMILES string of the molecule is CCN1C(=O)C2CC(OC)C(OC)CC2N(CC(=O)Nc2ccccc2C)C1=O. The number of para-hydroxylation sites is 1. The van der Waals surface area contributed by atoms with Crippen molar-refractivity contribution in [3.63, 3.8) is 0 Å². The van der Waals surface area contributed by atoms with Gasteiger partial charge in [0.25, 0.3) is 0 Å². The molecule has 29 heavy (non-hydrogen) atoms. The minimum atomic E-state index is -0.426. The monoisotopic (exact) mass is 403 g/mol. The van der Waals surface area contributed by atoms with Gasteiger partial charge in [-0.05, 0) is 38.3 Å². The maximum absolute atomic E-state index is 13.0. The van der Waals surface area contributed by atoms with Crippen LogP contribution in [0.15, 0.2) is 24.3 Å². The van der Waals surface area contributed by atoms with Crippen molar-refractivity contribution in [2.24, 2.45) is 5.92 Å². The summed E-state index contributed by atoms with van der Waals surface area (Å²) in [5, 5.41) is 2.87. The van der Waals surface area contributed by atoms with E-state index in [1.54, 1.807) is 21.1 Å². The van der Waals surface area contributed by atoms with Crippen molar-refractivity contribution in [3.05, 3.63) is 29.8 Å². The molecular formula is C21H29N3O5. The molecule has 1 N–H and O–H groups in total. The lowest BCUT2D eigenvalue weighted by Crippen LogP contribution is -2.66. The smallest absolute Gasteiger partial charge is 0.327 e. The number of carbonyl (C=O) groups excluding carboxylic acids is 3. The van der Waals surface area contributed by atoms with E-state index in [0.29, 0.717) is 18.5 Å². The molecule has 3 rings (SSSR count). The highest BCUT2D eigenvalue weighted by atomic mass is 16.5. The first kappa shape index (κ1) is 21.3. The van der Waals surface area contributed by atoms with Gasteiger partial charge in [-0.2, -0.15) is 0 Å². The van der Waals surface area contributed by atoms with Crippen LogP contribution in [0.25, 0.3) is 0 Å². The molecular weight excluding hydrogens is 374 g/mol. The molecule has 1 aromatic rings. The number of carbonyl (C=O) groups is 3. The molecule has 2 fully saturated rings. The summed E-state index contributed by atoms with van der Waals surface area (Å²) >= 11 is 0. The number of urea groups is 1. The molecule has 4 unspecified atom stereocenters. The molecule has 8 nitrogen and oxygen atoms in total. The van der Waals surface area contributed by atoms with Crippen LogP contribution < -0.4 is 5.32 Å². The molecule has 0 radical (unpaired) electrons. The van der Waals surface area contributed by atoms with E-state index in [0.717, 1.165) is 5.56 Å². The predicted molar refractivity (Wildman–Crippen MR) is 107 cm³/mol. The third-order valence-corrected chi connectivity index (χ3v) is 5.95. The molecule has 1 saturated carbocycles. The molecule has 4 amide bonds. The molecule has 1 saturated heterocycles. The van der Waals surface area contributed by atoms with Crippen molar-refractivity contribution >= 4 is 23.5 Å². The first-order chi connectivity index (χ1) is 13.9.